The van der Waals surface area contributed by atoms with E-state index >= 15 is 4.39 Å². The van der Waals surface area contributed by atoms with Crippen LogP contribution in [-0.2, 0) is 12.1 Å². The number of methoxy groups -OCH3 is 5. The summed E-state index contributed by atoms with van der Waals surface area (Å²) < 4.78 is 43.8. The second-order valence-electron chi connectivity index (χ2n) is 11.4. The zero-order valence-corrected chi connectivity index (χ0v) is 29.4. The van der Waals surface area contributed by atoms with Crippen LogP contribution in [0.4, 0.5) is 4.39 Å². The molecule has 0 radical (unpaired) electrons. The fourth-order valence-electron chi connectivity index (χ4n) is 6.02. The highest BCUT2D eigenvalue weighted by atomic mass is 79.9. The third-order valence-electron chi connectivity index (χ3n) is 8.44. The summed E-state index contributed by atoms with van der Waals surface area (Å²) >= 11 is 3.56. The van der Waals surface area contributed by atoms with Gasteiger partial charge in [-0.25, -0.2) is 9.37 Å². The lowest BCUT2D eigenvalue weighted by atomic mass is 9.71. The first-order valence-electron chi connectivity index (χ1n) is 15.2. The summed E-state index contributed by atoms with van der Waals surface area (Å²) in [6, 6.07) is 22.9. The smallest absolute Gasteiger partial charge is 0.217 e. The molecule has 11 heteroatoms. The lowest BCUT2D eigenvalue weighted by molar-refractivity contribution is 0.00113. The van der Waals surface area contributed by atoms with Crippen LogP contribution in [-0.4, -0.2) is 69.1 Å². The van der Waals surface area contributed by atoms with Crippen molar-refractivity contribution in [3.05, 3.63) is 111 Å². The highest BCUT2D eigenvalue weighted by Crippen LogP contribution is 2.48. The van der Waals surface area contributed by atoms with Crippen molar-refractivity contribution in [3.8, 4) is 29.1 Å². The van der Waals surface area contributed by atoms with E-state index < -0.39 is 17.3 Å². The van der Waals surface area contributed by atoms with E-state index in [0.717, 1.165) is 15.4 Å². The zero-order chi connectivity index (χ0) is 34.4. The molecule has 0 bridgehead atoms. The second kappa shape index (κ2) is 15.2. The Balaban J connectivity index is 1.69. The Bertz CT molecular complexity index is 1870. The molecule has 0 aliphatic carbocycles. The number of pyridine rings is 2. The van der Waals surface area contributed by atoms with E-state index in [-0.39, 0.29) is 18.2 Å². The first-order valence-corrected chi connectivity index (χ1v) is 16.0. The number of ether oxygens (including phenoxy) is 5. The summed E-state index contributed by atoms with van der Waals surface area (Å²) in [5.74, 6) is 0.895. The van der Waals surface area contributed by atoms with E-state index in [1.165, 1.54) is 33.5 Å². The maximum atomic E-state index is 15.0. The Morgan fingerprint density at radius 2 is 1.58 bits per heavy atom. The molecule has 3 aromatic carbocycles. The van der Waals surface area contributed by atoms with E-state index in [0.29, 0.717) is 52.7 Å². The lowest BCUT2D eigenvalue weighted by Gasteiger charge is -2.39. The third kappa shape index (κ3) is 7.48. The van der Waals surface area contributed by atoms with Crippen molar-refractivity contribution in [2.75, 3.05) is 49.1 Å². The topological polar surface area (TPSA) is 95.4 Å². The standard InChI is InChI=1S/C37H39BrFN3O6/c1-42(22-24-10-12-29(44-2)21-32(24)45-3)15-14-37(43,26-19-33(46-4)41-34(20-26)47-5)35(23-8-7-9-28(39)17-23)30-18-25-16-27(38)11-13-31(25)40-36(30)48-6/h7-13,16-21,35,43H,14-15,22H2,1-6H3. The summed E-state index contributed by atoms with van der Waals surface area (Å²) in [7, 11) is 9.72. The van der Waals surface area contributed by atoms with Gasteiger partial charge in [-0.1, -0.05) is 34.1 Å². The molecule has 0 spiro atoms. The lowest BCUT2D eigenvalue weighted by Crippen LogP contribution is -2.38. The normalized spacial score (nSPS) is 13.2. The molecule has 0 fully saturated rings. The molecule has 5 aromatic rings. The molecule has 252 valence electrons. The van der Waals surface area contributed by atoms with E-state index in [1.54, 1.807) is 38.5 Å². The largest absolute Gasteiger partial charge is 0.497 e. The van der Waals surface area contributed by atoms with Gasteiger partial charge in [-0.2, -0.15) is 4.98 Å². The van der Waals surface area contributed by atoms with E-state index in [4.69, 9.17) is 28.7 Å². The van der Waals surface area contributed by atoms with Crippen LogP contribution in [0.3, 0.4) is 0 Å². The minimum atomic E-state index is -1.69. The highest BCUT2D eigenvalue weighted by Gasteiger charge is 2.43. The van der Waals surface area contributed by atoms with Gasteiger partial charge in [0.25, 0.3) is 0 Å². The Hall–Kier alpha value is -4.45. The number of rotatable bonds is 14. The number of aromatic nitrogens is 2. The summed E-state index contributed by atoms with van der Waals surface area (Å²) in [6.07, 6.45) is 0.194. The molecule has 5 rings (SSSR count). The van der Waals surface area contributed by atoms with Gasteiger partial charge in [0.2, 0.25) is 17.6 Å². The molecule has 0 aliphatic heterocycles. The summed E-state index contributed by atoms with van der Waals surface area (Å²) in [6.45, 7) is 0.936. The molecule has 1 N–H and O–H groups in total. The van der Waals surface area contributed by atoms with Gasteiger partial charge in [-0.3, -0.25) is 0 Å². The average Bonchev–Trinajstić information content (AvgIpc) is 3.10. The molecule has 9 nitrogen and oxygen atoms in total. The highest BCUT2D eigenvalue weighted by molar-refractivity contribution is 9.10. The van der Waals surface area contributed by atoms with Crippen LogP contribution in [0.25, 0.3) is 10.9 Å². The molecule has 0 amide bonds. The van der Waals surface area contributed by atoms with Gasteiger partial charge >= 0.3 is 0 Å². The van der Waals surface area contributed by atoms with Gasteiger partial charge in [0.1, 0.15) is 22.9 Å². The third-order valence-corrected chi connectivity index (χ3v) is 8.93. The number of benzene rings is 3. The average molecular weight is 721 g/mol. The van der Waals surface area contributed by atoms with Crippen molar-refractivity contribution in [2.24, 2.45) is 0 Å². The monoisotopic (exact) mass is 719 g/mol. The van der Waals surface area contributed by atoms with Crippen LogP contribution in [0.2, 0.25) is 0 Å². The molecule has 2 atom stereocenters. The number of hydrogen-bond acceptors (Lipinski definition) is 9. The first kappa shape index (κ1) is 34.9. The number of fused-ring (bicyclic) bond motifs is 1. The molecule has 0 saturated heterocycles. The van der Waals surface area contributed by atoms with Gasteiger partial charge in [0.15, 0.2) is 0 Å². The van der Waals surface area contributed by atoms with Crippen molar-refractivity contribution >= 4 is 26.8 Å². The number of hydrogen-bond donors (Lipinski definition) is 1. The van der Waals surface area contributed by atoms with Crippen LogP contribution in [0, 0.1) is 5.82 Å². The van der Waals surface area contributed by atoms with Crippen LogP contribution < -0.4 is 23.7 Å². The van der Waals surface area contributed by atoms with Crippen molar-refractivity contribution < 1.29 is 33.2 Å². The SMILES string of the molecule is COc1ccc(CN(C)CCC(O)(c2cc(OC)nc(OC)c2)C(c2cccc(F)c2)c2cc3cc(Br)ccc3nc2OC)c(OC)c1. The van der Waals surface area contributed by atoms with Crippen molar-refractivity contribution in [3.63, 3.8) is 0 Å². The quantitative estimate of drug-likeness (QED) is 0.129. The maximum Gasteiger partial charge on any atom is 0.217 e. The van der Waals surface area contributed by atoms with E-state index in [9.17, 15) is 5.11 Å². The zero-order valence-electron chi connectivity index (χ0n) is 27.8. The minimum Gasteiger partial charge on any atom is -0.497 e. The molecule has 0 aliphatic rings. The van der Waals surface area contributed by atoms with Crippen LogP contribution in [0.5, 0.6) is 29.1 Å². The predicted molar refractivity (Wildman–Crippen MR) is 186 cm³/mol. The van der Waals surface area contributed by atoms with E-state index in [1.807, 2.05) is 49.5 Å². The predicted octanol–water partition coefficient (Wildman–Crippen LogP) is 7.12. The molecular weight excluding hydrogens is 681 g/mol. The molecule has 2 unspecified atom stereocenters. The Morgan fingerprint density at radius 1 is 0.833 bits per heavy atom. The number of halogens is 2. The Kier molecular flexibility index (Phi) is 11.0. The van der Waals surface area contributed by atoms with Gasteiger partial charge in [0.05, 0.1) is 41.1 Å². The van der Waals surface area contributed by atoms with Crippen LogP contribution in [0.1, 0.15) is 34.6 Å². The molecule has 0 saturated carbocycles. The van der Waals surface area contributed by atoms with Crippen molar-refractivity contribution in [2.45, 2.75) is 24.5 Å². The Labute approximate surface area is 288 Å². The van der Waals surface area contributed by atoms with Gasteiger partial charge < -0.3 is 33.7 Å². The maximum absolute atomic E-state index is 15.0. The number of aliphatic hydroxyl groups is 1. The first-order chi connectivity index (χ1) is 23.1. The molecule has 2 heterocycles. The summed E-state index contributed by atoms with van der Waals surface area (Å²) in [5.41, 5.74) is 1.54. The minimum absolute atomic E-state index is 0.194. The van der Waals surface area contributed by atoms with Gasteiger partial charge in [0, 0.05) is 58.2 Å². The van der Waals surface area contributed by atoms with Gasteiger partial charge in [-0.15, -0.1) is 0 Å². The van der Waals surface area contributed by atoms with Crippen LogP contribution in [0.15, 0.2) is 83.3 Å². The fourth-order valence-corrected chi connectivity index (χ4v) is 6.40. The fraction of sp³-hybridized carbons (Fsp3) is 0.297. The Morgan fingerprint density at radius 3 is 2.23 bits per heavy atom. The second-order valence-corrected chi connectivity index (χ2v) is 12.4. The van der Waals surface area contributed by atoms with Crippen molar-refractivity contribution in [1.29, 1.82) is 0 Å². The van der Waals surface area contributed by atoms with Crippen LogP contribution >= 0.6 is 15.9 Å². The molecule has 48 heavy (non-hydrogen) atoms. The van der Waals surface area contributed by atoms with E-state index in [2.05, 4.69) is 25.8 Å². The van der Waals surface area contributed by atoms with Crippen molar-refractivity contribution in [1.82, 2.24) is 14.9 Å². The summed E-state index contributed by atoms with van der Waals surface area (Å²) in [4.78, 5) is 11.3. The van der Waals surface area contributed by atoms with Gasteiger partial charge in [-0.05, 0) is 67.1 Å². The molecular formula is C37H39BrFN3O6. The summed E-state index contributed by atoms with van der Waals surface area (Å²) in [5, 5.41) is 14.1. The number of nitrogens with zero attached hydrogens (tertiary/aromatic N) is 3. The molecule has 2 aromatic heterocycles.